The smallest absolute Gasteiger partial charge is 0.306 e. The predicted octanol–water partition coefficient (Wildman–Crippen LogP) is 2.78. The van der Waals surface area contributed by atoms with E-state index in [1.807, 2.05) is 41.5 Å². The lowest BCUT2D eigenvalue weighted by Gasteiger charge is -2.26. The minimum Gasteiger partial charge on any atom is -0.497 e. The summed E-state index contributed by atoms with van der Waals surface area (Å²) in [5.74, 6) is -2.24. The monoisotopic (exact) mass is 1800 g/mol. The van der Waals surface area contributed by atoms with Crippen molar-refractivity contribution in [2.24, 2.45) is 10.9 Å². The maximum Gasteiger partial charge on any atom is 0.306 e. The third-order valence-corrected chi connectivity index (χ3v) is 23.4. The molecule has 0 unspecified atom stereocenters. The second-order valence-electron chi connectivity index (χ2n) is 28.9. The van der Waals surface area contributed by atoms with Crippen molar-refractivity contribution in [3.8, 4) is 11.5 Å². The van der Waals surface area contributed by atoms with Crippen molar-refractivity contribution in [3.05, 3.63) is 53.4 Å². The van der Waals surface area contributed by atoms with Crippen LogP contribution in [-0.4, -0.2) is 350 Å². The van der Waals surface area contributed by atoms with Gasteiger partial charge in [-0.3, -0.25) is 39.2 Å². The van der Waals surface area contributed by atoms with Crippen molar-refractivity contribution in [2.75, 3.05) is 218 Å². The minimum atomic E-state index is -4.25. The summed E-state index contributed by atoms with van der Waals surface area (Å²) >= 11 is 0. The molecule has 0 radical (unpaired) electrons. The summed E-state index contributed by atoms with van der Waals surface area (Å²) < 4.78 is 193. The molecule has 120 heavy (non-hydrogen) atoms. The van der Waals surface area contributed by atoms with E-state index in [4.69, 9.17) is 86.7 Å². The van der Waals surface area contributed by atoms with Crippen molar-refractivity contribution >= 4 is 75.5 Å². The third-order valence-electron chi connectivity index (χ3n) is 16.9. The number of hydrogen-bond acceptors (Lipinski definition) is 34. The number of Topliss-reactive ketones (excluding diaryl/α,β-unsaturated/α-hetero) is 1. The van der Waals surface area contributed by atoms with E-state index in [0.29, 0.717) is 202 Å². The van der Waals surface area contributed by atoms with Gasteiger partial charge in [-0.2, -0.15) is 17.2 Å². The maximum absolute atomic E-state index is 13.5. The van der Waals surface area contributed by atoms with Crippen molar-refractivity contribution in [1.82, 2.24) is 28.2 Å². The fourth-order valence-corrected chi connectivity index (χ4v) is 16.9. The molecule has 3 amide bonds. The fraction of sp³-hybridized carbons (Fsp3) is 0.760. The first-order valence-electron chi connectivity index (χ1n) is 39.5. The number of sulfonamides is 4. The van der Waals surface area contributed by atoms with Crippen molar-refractivity contribution in [2.45, 2.75) is 164 Å². The molecule has 2 heterocycles. The summed E-state index contributed by atoms with van der Waals surface area (Å²) in [7, 11) is -13.0. The number of esters is 2. The molecule has 6 N–H and O–H groups in total. The van der Waals surface area contributed by atoms with Crippen LogP contribution in [0.5, 0.6) is 11.5 Å². The van der Waals surface area contributed by atoms with Gasteiger partial charge < -0.3 is 81.5 Å². The summed E-state index contributed by atoms with van der Waals surface area (Å²) in [5, 5.41) is 20.6. The third kappa shape index (κ3) is 48.2. The first-order chi connectivity index (χ1) is 56.9. The number of unbranched alkanes of at least 4 members (excludes halogenated alkanes) is 1. The van der Waals surface area contributed by atoms with Gasteiger partial charge in [-0.15, -0.1) is 4.91 Å². The van der Waals surface area contributed by atoms with E-state index in [1.165, 1.54) is 73.7 Å². The molecule has 2 aromatic rings. The number of hydroxylamine groups is 2. The van der Waals surface area contributed by atoms with Crippen LogP contribution in [0.15, 0.2) is 63.5 Å². The van der Waals surface area contributed by atoms with Crippen LogP contribution in [-0.2, 0) is 135 Å². The van der Waals surface area contributed by atoms with Gasteiger partial charge >= 0.3 is 11.9 Å². The number of ketones is 1. The Bertz CT molecular complexity index is 3700. The van der Waals surface area contributed by atoms with Crippen molar-refractivity contribution < 1.29 is 149 Å². The van der Waals surface area contributed by atoms with Crippen LogP contribution in [0.2, 0.25) is 0 Å². The second kappa shape index (κ2) is 61.3. The molecule has 2 aliphatic rings. The largest absolute Gasteiger partial charge is 0.497 e. The molecule has 4 rings (SSSR count). The summed E-state index contributed by atoms with van der Waals surface area (Å²) in [6, 6.07) is 6.87. The Morgan fingerprint density at radius 3 is 0.992 bits per heavy atom. The number of nitroso groups, excluding NO2 is 1. The van der Waals surface area contributed by atoms with Crippen LogP contribution in [0.1, 0.15) is 119 Å². The van der Waals surface area contributed by atoms with Crippen molar-refractivity contribution in [3.63, 3.8) is 0 Å². The summed E-state index contributed by atoms with van der Waals surface area (Å²) in [6.07, 6.45) is 5.13. The Kier molecular flexibility index (Phi) is 56.1. The molecule has 0 aromatic heterocycles. The molecule has 692 valence electrons. The number of nitrogens with two attached hydrogens (primary N) is 1. The topological polar surface area (TPSA) is 520 Å². The van der Waals surface area contributed by atoms with Crippen LogP contribution in [0.4, 0.5) is 0 Å². The van der Waals surface area contributed by atoms with E-state index in [-0.39, 0.29) is 106 Å². The highest BCUT2D eigenvalue weighted by Crippen LogP contribution is 2.33. The lowest BCUT2D eigenvalue weighted by Crippen LogP contribution is -2.45. The zero-order chi connectivity index (χ0) is 89.5. The Balaban J connectivity index is 0.000000672. The standard InChI is InChI=1S/C38H65N3O16S2.C21H39NO10.C16H26N4O7S2/c1-38(2,3)57-36(43)10-8-17-51-19-21-53-23-25-55-27-28-56-26-24-54-22-20-52-18-15-32(42)9-6-7-16-40(58(5,46)47)31-29-35(37(44)39-45)41(30-31)59(48,49)34-13-11-33(50-4)12-14-34;1-21(2,3)32-20(24)5-4-7-26-9-11-28-13-15-30-17-18-31-16-14-29-12-10-27-8-6-19(23)22-25;1-27-13-4-6-14(7-5-13)29(25,26)20-11-12(10-15(20)16(21)18-22)19(9-3-8-17)28(2,23)24/h11-14,31,35,45H,6-10,15-30H2,1-5H3,(H,39,44);4-18H2,1-3H3;4-7,12,15,22H,3,8-11,17H2,1-2H3,(H,18,21)/t31-,35+;;12-,15+/m0.0/s1. The quantitative estimate of drug-likeness (QED) is 0.0209. The van der Waals surface area contributed by atoms with Crippen LogP contribution in [0, 0.1) is 4.91 Å². The molecular formula is C75H130N8O33S4. The number of nitrogens with zero attached hydrogens (tertiary/aromatic N) is 5. The van der Waals surface area contributed by atoms with Crippen LogP contribution < -0.4 is 26.2 Å². The molecule has 4 atom stereocenters. The lowest BCUT2D eigenvalue weighted by molar-refractivity contribution is -0.156. The Morgan fingerprint density at radius 2 is 0.717 bits per heavy atom. The minimum absolute atomic E-state index is 0.0111. The zero-order valence-corrected chi connectivity index (χ0v) is 74.2. The van der Waals surface area contributed by atoms with Gasteiger partial charge in [0.05, 0.1) is 188 Å². The normalized spacial score (nSPS) is 16.1. The van der Waals surface area contributed by atoms with E-state index in [1.54, 1.807) is 0 Å². The number of nitrogens with one attached hydrogen (secondary N) is 2. The Labute approximate surface area is 706 Å². The molecule has 2 aromatic carbocycles. The average molecular weight is 1800 g/mol. The molecule has 2 aliphatic heterocycles. The highest BCUT2D eigenvalue weighted by Gasteiger charge is 2.49. The van der Waals surface area contributed by atoms with E-state index in [9.17, 15) is 72.6 Å². The molecular weight excluding hydrogens is 1670 g/mol. The number of rotatable bonds is 64. The zero-order valence-electron chi connectivity index (χ0n) is 70.9. The number of benzene rings is 2. The van der Waals surface area contributed by atoms with Gasteiger partial charge in [0.15, 0.2) is 0 Å². The number of carbonyl (C=O) groups excluding carboxylic acids is 6. The van der Waals surface area contributed by atoms with Crippen molar-refractivity contribution in [1.29, 1.82) is 0 Å². The maximum atomic E-state index is 13.5. The van der Waals surface area contributed by atoms with Gasteiger partial charge in [0.1, 0.15) is 40.6 Å². The van der Waals surface area contributed by atoms with Crippen LogP contribution >= 0.6 is 0 Å². The van der Waals surface area contributed by atoms with E-state index in [2.05, 4.69) is 5.18 Å². The van der Waals surface area contributed by atoms with E-state index >= 15 is 0 Å². The number of carbonyl (C=O) groups is 6. The summed E-state index contributed by atoms with van der Waals surface area (Å²) in [6.45, 7) is 20.6. The Morgan fingerprint density at radius 1 is 0.425 bits per heavy atom. The molecule has 0 bridgehead atoms. The summed E-state index contributed by atoms with van der Waals surface area (Å²) in [5.41, 5.74) is 7.50. The van der Waals surface area contributed by atoms with Gasteiger partial charge in [-0.25, -0.2) is 44.6 Å². The second-order valence-corrected chi connectivity index (χ2v) is 36.5. The molecule has 2 fully saturated rings. The highest BCUT2D eigenvalue weighted by atomic mass is 32.2. The molecule has 0 saturated carbocycles. The van der Waals surface area contributed by atoms with Crippen LogP contribution in [0.3, 0.4) is 0 Å². The molecule has 0 aliphatic carbocycles. The number of hydrogen-bond donors (Lipinski definition) is 5. The first kappa shape index (κ1) is 110. The molecule has 45 heteroatoms. The Hall–Kier alpha value is -6.10. The molecule has 2 saturated heterocycles. The first-order valence-corrected chi connectivity index (χ1v) is 46.1. The highest BCUT2D eigenvalue weighted by molar-refractivity contribution is 7.89. The molecule has 41 nitrogen and oxygen atoms in total. The van der Waals surface area contributed by atoms with Gasteiger partial charge in [-0.05, 0) is 142 Å². The van der Waals surface area contributed by atoms with Gasteiger partial charge in [-0.1, -0.05) is 0 Å². The van der Waals surface area contributed by atoms with Gasteiger partial charge in [0, 0.05) is 82.3 Å². The number of methoxy groups -OCH3 is 2. The predicted molar refractivity (Wildman–Crippen MR) is 434 cm³/mol. The number of ether oxygens (including phenoxy) is 16. The number of amides is 3. The van der Waals surface area contributed by atoms with E-state index < -0.39 is 93.2 Å². The van der Waals surface area contributed by atoms with Gasteiger partial charge in [0.2, 0.25) is 40.1 Å². The van der Waals surface area contributed by atoms with Gasteiger partial charge in [0.25, 0.3) is 17.7 Å². The lowest BCUT2D eigenvalue weighted by atomic mass is 10.1. The van der Waals surface area contributed by atoms with E-state index in [0.717, 1.165) is 29.7 Å². The summed E-state index contributed by atoms with van der Waals surface area (Å²) in [4.78, 5) is 80.5. The van der Waals surface area contributed by atoms with Crippen LogP contribution in [0.25, 0.3) is 0 Å². The fourth-order valence-electron chi connectivity index (χ4n) is 11.3. The average Bonchev–Trinajstić information content (AvgIpc) is 0.868. The SMILES string of the molecule is CC(C)(C)OC(=O)CCCOCCOCCOCCOCCOCCOCCC(=O)N=O.COc1ccc(S(=O)(=O)N2C[C@@H](N(CCCCC(=O)CCOCCOCCOCCOCCOCCOCCCC(=O)OC(C)(C)C)S(C)(=O)=O)C[C@@H]2C(=O)NO)cc1.COc1ccc(S(=O)(=O)N2C[C@@H](N(CCCN)S(C)(=O)=O)C[C@@H]2C(=O)NO)cc1. The molecule has 0 spiro atoms.